The Kier molecular flexibility index (Phi) is 86.3. The minimum Gasteiger partial charge on any atom is -0.400 e. The lowest BCUT2D eigenvalue weighted by atomic mass is 9.74. The van der Waals surface area contributed by atoms with E-state index in [2.05, 4.69) is 540 Å². The van der Waals surface area contributed by atoms with E-state index in [1.165, 1.54) is 90.7 Å². The maximum Gasteiger partial charge on any atom is 0.0697 e. The molecule has 0 heterocycles. The zero-order chi connectivity index (χ0) is 108. The standard InChI is InChI=1S/7C16H18.C7H16O2.C4H10O2.C4H10O.C3H8O2.C3H8O.C2H6O.CH4O.4CH4/c7*1-3-16(2,14-10-6-4-7-11-14)15-12-8-5-9-13-15;1-2-3-4-6-9-7-5-8;1-2-6-4-3-5;1-2-3-4-5;1-5-3-2-4;1-2-3-4;1-2-3;1-2;;;;/h7*4-13H,3H2,1-2H3;8H,2-7H2,1H3;5H,2-4H2,1H3;5H,2-4H2,1H3;4H,2-3H2,1H3;4H,2-3H2,1H3;3H,2H2,1H3;2H,1H3;4*1H4. The third-order valence-electron chi connectivity index (χ3n) is 27.3. The molecule has 0 unspecified atom stereocenters. The molecular formula is C140H204O10. The average molecular weight is 2050 g/mol. The van der Waals surface area contributed by atoms with Crippen LogP contribution in [0.3, 0.4) is 0 Å². The molecule has 0 amide bonds. The second-order valence-electron chi connectivity index (χ2n) is 36.7. The van der Waals surface area contributed by atoms with Gasteiger partial charge in [-0.2, -0.15) is 0 Å². The van der Waals surface area contributed by atoms with E-state index in [1.807, 2.05) is 13.8 Å². The Balaban J connectivity index is -0.000000785. The average Bonchev–Trinajstić information content (AvgIpc) is 0.837. The van der Waals surface area contributed by atoms with E-state index >= 15 is 0 Å². The first-order valence-electron chi connectivity index (χ1n) is 53.4. The lowest BCUT2D eigenvalue weighted by Crippen LogP contribution is -2.22. The van der Waals surface area contributed by atoms with Gasteiger partial charge < -0.3 is 50.0 Å². The molecule has 0 aliphatic carbocycles. The molecule has 10 nitrogen and oxygen atoms in total. The highest BCUT2D eigenvalue weighted by atomic mass is 16.5. The Morgan fingerprint density at radius 2 is 0.307 bits per heavy atom. The molecule has 0 atom stereocenters. The van der Waals surface area contributed by atoms with Crippen molar-refractivity contribution in [2.75, 3.05) is 86.9 Å². The molecule has 0 aromatic heterocycles. The summed E-state index contributed by atoms with van der Waals surface area (Å²) in [6.07, 6.45) is 14.3. The number of aliphatic hydroxyl groups excluding tert-OH is 7. The van der Waals surface area contributed by atoms with Crippen molar-refractivity contribution in [3.63, 3.8) is 0 Å². The SMILES string of the molecule is C.C.C.C.CCC(C)(c1ccccc1)c1ccccc1.CCC(C)(c1ccccc1)c1ccccc1.CCC(C)(c1ccccc1)c1ccccc1.CCC(C)(c1ccccc1)c1ccccc1.CCC(C)(c1ccccc1)c1ccccc1.CCC(C)(c1ccccc1)c1ccccc1.CCC(C)(c1ccccc1)c1ccccc1.CCCCCOCCO.CCCCO.CCCO.CCO.CCOCCO.CO.COCCO. The van der Waals surface area contributed by atoms with Crippen LogP contribution in [0, 0.1) is 0 Å². The van der Waals surface area contributed by atoms with Crippen molar-refractivity contribution >= 4 is 0 Å². The monoisotopic (exact) mass is 2050 g/mol. The molecule has 0 aliphatic heterocycles. The number of ether oxygens (including phenoxy) is 3. The highest BCUT2D eigenvalue weighted by Gasteiger charge is 2.32. The third kappa shape index (κ3) is 52.1. The second kappa shape index (κ2) is 89.3. The summed E-state index contributed by atoms with van der Waals surface area (Å²) < 4.78 is 14.2. The van der Waals surface area contributed by atoms with Gasteiger partial charge in [0.15, 0.2) is 0 Å². The van der Waals surface area contributed by atoms with E-state index in [0.29, 0.717) is 39.6 Å². The lowest BCUT2D eigenvalue weighted by molar-refractivity contribution is 0.0898. The van der Waals surface area contributed by atoms with Crippen LogP contribution in [0.15, 0.2) is 425 Å². The van der Waals surface area contributed by atoms with E-state index in [0.717, 1.165) is 84.3 Å². The Morgan fingerprint density at radius 3 is 0.380 bits per heavy atom. The van der Waals surface area contributed by atoms with Gasteiger partial charge in [-0.1, -0.05) is 591 Å². The summed E-state index contributed by atoms with van der Waals surface area (Å²) in [7, 11) is 2.55. The molecular weight excluding hydrogens is 1840 g/mol. The van der Waals surface area contributed by atoms with Crippen LogP contribution in [0.5, 0.6) is 0 Å². The van der Waals surface area contributed by atoms with Gasteiger partial charge in [0, 0.05) is 85.2 Å². The first-order valence-corrected chi connectivity index (χ1v) is 53.4. The topological polar surface area (TPSA) is 169 Å². The lowest BCUT2D eigenvalue weighted by Gasteiger charge is -2.29. The molecule has 14 rings (SSSR count). The summed E-state index contributed by atoms with van der Waals surface area (Å²) in [6, 6.07) is 150. The predicted molar refractivity (Wildman–Crippen MR) is 655 cm³/mol. The number of aliphatic hydroxyl groups is 7. The molecule has 0 radical (unpaired) electrons. The number of rotatable bonds is 35. The van der Waals surface area contributed by atoms with Gasteiger partial charge in [0.2, 0.25) is 0 Å². The quantitative estimate of drug-likeness (QED) is 0.0190. The van der Waals surface area contributed by atoms with Gasteiger partial charge in [0.25, 0.3) is 0 Å². The highest BCUT2D eigenvalue weighted by molar-refractivity contribution is 5.45. The summed E-state index contributed by atoms with van der Waals surface area (Å²) in [4.78, 5) is 0. The van der Waals surface area contributed by atoms with Crippen LogP contribution in [0.1, 0.15) is 323 Å². The Labute approximate surface area is 916 Å². The summed E-state index contributed by atoms with van der Waals surface area (Å²) in [5.41, 5.74) is 20.4. The van der Waals surface area contributed by atoms with Crippen molar-refractivity contribution in [2.45, 2.75) is 283 Å². The highest BCUT2D eigenvalue weighted by Crippen LogP contribution is 2.41. The van der Waals surface area contributed by atoms with Gasteiger partial charge in [-0.3, -0.25) is 0 Å². The first kappa shape index (κ1) is 145. The van der Waals surface area contributed by atoms with Gasteiger partial charge in [-0.25, -0.2) is 0 Å². The van der Waals surface area contributed by atoms with Crippen LogP contribution in [-0.4, -0.2) is 123 Å². The fourth-order valence-electron chi connectivity index (χ4n) is 16.4. The molecule has 0 bridgehead atoms. The largest absolute Gasteiger partial charge is 0.400 e. The molecule has 0 saturated carbocycles. The van der Waals surface area contributed by atoms with E-state index in [9.17, 15) is 0 Å². The Hall–Kier alpha value is -11.3. The van der Waals surface area contributed by atoms with Crippen LogP contribution in [0.2, 0.25) is 0 Å². The molecule has 7 N–H and O–H groups in total. The summed E-state index contributed by atoms with van der Waals surface area (Å²) in [6.45, 7) is 45.9. The minimum atomic E-state index is 0. The second-order valence-corrected chi connectivity index (χ2v) is 36.7. The molecule has 14 aromatic carbocycles. The summed E-state index contributed by atoms with van der Waals surface area (Å²) >= 11 is 0. The fourth-order valence-corrected chi connectivity index (χ4v) is 16.4. The van der Waals surface area contributed by atoms with E-state index in [-0.39, 0.29) is 94.0 Å². The van der Waals surface area contributed by atoms with Crippen molar-refractivity contribution in [3.8, 4) is 0 Å². The Bertz CT molecular complexity index is 4020. The first-order chi connectivity index (χ1) is 70.9. The van der Waals surface area contributed by atoms with Gasteiger partial charge in [-0.15, -0.1) is 0 Å². The molecule has 0 fully saturated rings. The van der Waals surface area contributed by atoms with E-state index < -0.39 is 0 Å². The maximum absolute atomic E-state index is 8.30. The van der Waals surface area contributed by atoms with Gasteiger partial charge in [-0.05, 0) is 156 Å². The van der Waals surface area contributed by atoms with Crippen molar-refractivity contribution < 1.29 is 50.0 Å². The fraction of sp³-hybridized carbons (Fsp3) is 0.400. The minimum absolute atomic E-state index is 0. The third-order valence-corrected chi connectivity index (χ3v) is 27.3. The number of hydrogen-bond donors (Lipinski definition) is 7. The van der Waals surface area contributed by atoms with Gasteiger partial charge in [0.05, 0.1) is 39.6 Å². The van der Waals surface area contributed by atoms with Crippen LogP contribution in [0.4, 0.5) is 0 Å². The van der Waals surface area contributed by atoms with E-state index in [4.69, 9.17) is 45.2 Å². The van der Waals surface area contributed by atoms with Crippen LogP contribution in [-0.2, 0) is 52.1 Å². The van der Waals surface area contributed by atoms with Crippen molar-refractivity contribution in [1.29, 1.82) is 0 Å². The molecule has 0 spiro atoms. The molecule has 150 heavy (non-hydrogen) atoms. The summed E-state index contributed by atoms with van der Waals surface area (Å²) in [5, 5.41) is 54.8. The maximum atomic E-state index is 8.30. The number of benzene rings is 14. The number of hydrogen-bond acceptors (Lipinski definition) is 10. The summed E-state index contributed by atoms with van der Waals surface area (Å²) in [5.74, 6) is 0. The van der Waals surface area contributed by atoms with Crippen LogP contribution in [0.25, 0.3) is 0 Å². The molecule has 0 aliphatic rings. The van der Waals surface area contributed by atoms with Gasteiger partial charge >= 0.3 is 0 Å². The zero-order valence-corrected chi connectivity index (χ0v) is 93.2. The predicted octanol–water partition coefficient (Wildman–Crippen LogP) is 35.0. The van der Waals surface area contributed by atoms with Crippen molar-refractivity contribution in [1.82, 2.24) is 0 Å². The van der Waals surface area contributed by atoms with Gasteiger partial charge in [0.1, 0.15) is 0 Å². The number of unbranched alkanes of at least 4 members (excludes halogenated alkanes) is 3. The smallest absolute Gasteiger partial charge is 0.0697 e. The van der Waals surface area contributed by atoms with E-state index in [1.54, 1.807) is 14.0 Å². The molecule has 14 aromatic rings. The van der Waals surface area contributed by atoms with Crippen molar-refractivity contribution in [2.24, 2.45) is 0 Å². The zero-order valence-electron chi connectivity index (χ0n) is 93.2. The normalized spacial score (nSPS) is 10.4. The van der Waals surface area contributed by atoms with Crippen LogP contribution >= 0.6 is 0 Å². The van der Waals surface area contributed by atoms with Crippen LogP contribution < -0.4 is 0 Å². The number of methoxy groups -OCH3 is 1. The van der Waals surface area contributed by atoms with Crippen molar-refractivity contribution in [3.05, 3.63) is 503 Å². The molecule has 824 valence electrons. The molecule has 10 heteroatoms. The molecule has 0 saturated heterocycles. The Morgan fingerprint density at radius 1 is 0.173 bits per heavy atom.